The number of hydrogen-bond acceptors (Lipinski definition) is 0. The Bertz CT molecular complexity index is 610. The first-order chi connectivity index (χ1) is 8.07. The second kappa shape index (κ2) is 4.21. The van der Waals surface area contributed by atoms with E-state index in [4.69, 9.17) is 0 Å². The zero-order valence-electron chi connectivity index (χ0n) is 10.5. The zero-order chi connectivity index (χ0) is 12.5. The highest BCUT2D eigenvalue weighted by Gasteiger charge is 2.15. The molecule has 17 heavy (non-hydrogen) atoms. The minimum Gasteiger partial charge on any atom is -0.0985 e. The van der Waals surface area contributed by atoms with Gasteiger partial charge in [-0.25, -0.2) is 0 Å². The Hall–Kier alpha value is -1.82. The first-order valence-corrected chi connectivity index (χ1v) is 5.88. The minimum absolute atomic E-state index is 0.0321. The molecule has 0 N–H and O–H groups in total. The van der Waals surface area contributed by atoms with Gasteiger partial charge in [0.2, 0.25) is 0 Å². The van der Waals surface area contributed by atoms with Crippen LogP contribution in [0.1, 0.15) is 13.8 Å². The van der Waals surface area contributed by atoms with Crippen molar-refractivity contribution in [2.45, 2.75) is 13.8 Å². The smallest absolute Gasteiger partial charge is 0.00228 e. The normalized spacial score (nSPS) is 17.3. The minimum atomic E-state index is 0.0321. The van der Waals surface area contributed by atoms with Crippen LogP contribution >= 0.6 is 0 Å². The lowest BCUT2D eigenvalue weighted by atomic mass is 9.89. The van der Waals surface area contributed by atoms with Gasteiger partial charge in [0.1, 0.15) is 0 Å². The van der Waals surface area contributed by atoms with Gasteiger partial charge in [-0.2, -0.15) is 0 Å². The predicted molar refractivity (Wildman–Crippen MR) is 75.8 cm³/mol. The molecule has 0 nitrogen and oxygen atoms in total. The van der Waals surface area contributed by atoms with E-state index in [0.29, 0.717) is 0 Å². The molecule has 0 radical (unpaired) electrons. The van der Waals surface area contributed by atoms with Gasteiger partial charge in [-0.15, -0.1) is 0 Å². The molecule has 0 fully saturated rings. The van der Waals surface area contributed by atoms with Crippen molar-refractivity contribution in [3.63, 3.8) is 0 Å². The molecule has 2 rings (SSSR count). The number of benzene rings is 1. The van der Waals surface area contributed by atoms with E-state index in [0.717, 1.165) is 11.1 Å². The summed E-state index contributed by atoms with van der Waals surface area (Å²) in [4.78, 5) is 0. The highest BCUT2D eigenvalue weighted by atomic mass is 14.2. The Morgan fingerprint density at radius 3 is 2.35 bits per heavy atom. The predicted octanol–water partition coefficient (Wildman–Crippen LogP) is 2.96. The van der Waals surface area contributed by atoms with Gasteiger partial charge in [0, 0.05) is 5.41 Å². The van der Waals surface area contributed by atoms with Crippen molar-refractivity contribution in [3.05, 3.63) is 71.7 Å². The second-order valence-electron chi connectivity index (χ2n) is 4.97. The summed E-state index contributed by atoms with van der Waals surface area (Å²) in [5.41, 5.74) is 2.35. The summed E-state index contributed by atoms with van der Waals surface area (Å²) < 4.78 is 0. The molecule has 0 amide bonds. The fourth-order valence-electron chi connectivity index (χ4n) is 2.34. The maximum Gasteiger partial charge on any atom is 0.00228 e. The lowest BCUT2D eigenvalue weighted by Crippen LogP contribution is -2.27. The lowest BCUT2D eigenvalue weighted by Gasteiger charge is -2.15. The van der Waals surface area contributed by atoms with Crippen LogP contribution in [-0.4, -0.2) is 0 Å². The van der Waals surface area contributed by atoms with E-state index in [1.165, 1.54) is 10.4 Å². The average molecular weight is 222 g/mol. The first kappa shape index (κ1) is 11.7. The Balaban J connectivity index is 2.96. The van der Waals surface area contributed by atoms with Gasteiger partial charge >= 0.3 is 0 Å². The molecule has 0 atom stereocenters. The average Bonchev–Trinajstić information content (AvgIpc) is 2.40. The Kier molecular flexibility index (Phi) is 2.89. The molecule has 0 aromatic heterocycles. The van der Waals surface area contributed by atoms with Gasteiger partial charge in [-0.1, -0.05) is 75.6 Å². The van der Waals surface area contributed by atoms with Gasteiger partial charge < -0.3 is 0 Å². The lowest BCUT2D eigenvalue weighted by molar-refractivity contribution is 0.668. The molecule has 0 saturated heterocycles. The second-order valence-corrected chi connectivity index (χ2v) is 4.97. The first-order valence-electron chi connectivity index (χ1n) is 5.88. The molecule has 0 saturated carbocycles. The van der Waals surface area contributed by atoms with Crippen LogP contribution in [0, 0.1) is 5.41 Å². The maximum atomic E-state index is 3.93. The van der Waals surface area contributed by atoms with Crippen LogP contribution in [0.5, 0.6) is 0 Å². The zero-order valence-corrected chi connectivity index (χ0v) is 10.5. The number of allylic oxidation sites excluding steroid dienone is 4. The van der Waals surface area contributed by atoms with Crippen molar-refractivity contribution in [3.8, 4) is 0 Å². The highest BCUT2D eigenvalue weighted by Crippen LogP contribution is 2.26. The summed E-state index contributed by atoms with van der Waals surface area (Å²) in [7, 11) is 0. The molecule has 0 unspecified atom stereocenters. The van der Waals surface area contributed by atoms with Crippen LogP contribution < -0.4 is 10.4 Å². The molecule has 1 aromatic rings. The van der Waals surface area contributed by atoms with Gasteiger partial charge in [-0.3, -0.25) is 0 Å². The quantitative estimate of drug-likeness (QED) is 0.721. The van der Waals surface area contributed by atoms with Crippen LogP contribution in [0.25, 0.3) is 11.6 Å². The topological polar surface area (TPSA) is 0 Å². The van der Waals surface area contributed by atoms with Crippen molar-refractivity contribution >= 4 is 11.6 Å². The van der Waals surface area contributed by atoms with Crippen molar-refractivity contribution < 1.29 is 0 Å². The largest absolute Gasteiger partial charge is 0.0985 e. The molecule has 0 heteroatoms. The molecule has 0 spiro atoms. The van der Waals surface area contributed by atoms with Crippen molar-refractivity contribution in [2.75, 3.05) is 0 Å². The number of hydrogen-bond donors (Lipinski definition) is 0. The van der Waals surface area contributed by atoms with Crippen molar-refractivity contribution in [1.29, 1.82) is 0 Å². The van der Waals surface area contributed by atoms with Crippen LogP contribution in [0.3, 0.4) is 0 Å². The van der Waals surface area contributed by atoms with E-state index in [1.807, 2.05) is 12.2 Å². The van der Waals surface area contributed by atoms with E-state index >= 15 is 0 Å². The number of fused-ring (bicyclic) bond motifs is 1. The molecule has 0 aliphatic heterocycles. The molecule has 0 heterocycles. The third-order valence-electron chi connectivity index (χ3n) is 3.04. The van der Waals surface area contributed by atoms with E-state index in [-0.39, 0.29) is 5.41 Å². The van der Waals surface area contributed by atoms with Crippen LogP contribution in [0.15, 0.2) is 61.2 Å². The molecule has 1 aromatic carbocycles. The van der Waals surface area contributed by atoms with Crippen LogP contribution in [0.2, 0.25) is 0 Å². The number of rotatable bonds is 2. The van der Waals surface area contributed by atoms with E-state index in [2.05, 4.69) is 63.4 Å². The summed E-state index contributed by atoms with van der Waals surface area (Å²) >= 11 is 0. The summed E-state index contributed by atoms with van der Waals surface area (Å²) in [6, 6.07) is 8.43. The molecule has 1 aliphatic carbocycles. The Morgan fingerprint density at radius 2 is 1.71 bits per heavy atom. The Morgan fingerprint density at radius 1 is 1.00 bits per heavy atom. The van der Waals surface area contributed by atoms with Gasteiger partial charge in [0.25, 0.3) is 0 Å². The summed E-state index contributed by atoms with van der Waals surface area (Å²) in [6.45, 7) is 12.3. The van der Waals surface area contributed by atoms with Crippen molar-refractivity contribution in [2.24, 2.45) is 5.41 Å². The van der Waals surface area contributed by atoms with E-state index in [1.54, 1.807) is 0 Å². The van der Waals surface area contributed by atoms with Crippen LogP contribution in [-0.2, 0) is 0 Å². The third kappa shape index (κ3) is 2.16. The summed E-state index contributed by atoms with van der Waals surface area (Å²) in [5.74, 6) is 0. The summed E-state index contributed by atoms with van der Waals surface area (Å²) in [6.07, 6.45) is 8.37. The van der Waals surface area contributed by atoms with Gasteiger partial charge in [0.15, 0.2) is 0 Å². The molecule has 86 valence electrons. The van der Waals surface area contributed by atoms with E-state index in [9.17, 15) is 0 Å². The fraction of sp³-hybridized carbons (Fsp3) is 0.176. The molecular weight excluding hydrogens is 204 g/mol. The highest BCUT2D eigenvalue weighted by molar-refractivity contribution is 5.77. The molecule has 1 aliphatic rings. The van der Waals surface area contributed by atoms with Crippen molar-refractivity contribution in [1.82, 2.24) is 0 Å². The fourth-order valence-corrected chi connectivity index (χ4v) is 2.34. The van der Waals surface area contributed by atoms with Crippen LogP contribution in [0.4, 0.5) is 0 Å². The van der Waals surface area contributed by atoms with Gasteiger partial charge in [0.05, 0.1) is 0 Å². The summed E-state index contributed by atoms with van der Waals surface area (Å²) in [5, 5.41) is 2.50. The van der Waals surface area contributed by atoms with E-state index < -0.39 is 0 Å². The molecular formula is C17H18. The molecule has 0 bridgehead atoms. The Labute approximate surface area is 103 Å². The maximum absolute atomic E-state index is 3.93. The van der Waals surface area contributed by atoms with Gasteiger partial charge in [-0.05, 0) is 21.6 Å². The monoisotopic (exact) mass is 222 g/mol. The SMILES string of the molecule is C=CC1=CC(C)(C)C=c2ccccc2=C1C=C. The standard InChI is InChI=1S/C17H18/c1-5-13-11-17(3,4)12-14-9-7-8-10-16(14)15(13)6-2/h5-12H,1-2H2,3-4H3. The third-order valence-corrected chi connectivity index (χ3v) is 3.04.